The fraction of sp³-hybridized carbons (Fsp3) is 1.00. The van der Waals surface area contributed by atoms with E-state index in [1.54, 1.807) is 0 Å². The molecule has 0 spiro atoms. The lowest BCUT2D eigenvalue weighted by Gasteiger charge is -2.39. The minimum absolute atomic E-state index is 0.489. The highest BCUT2D eigenvalue weighted by Gasteiger charge is 2.42. The third-order valence-corrected chi connectivity index (χ3v) is 2.24. The molecule has 1 heterocycles. The van der Waals surface area contributed by atoms with Crippen molar-refractivity contribution in [1.29, 1.82) is 0 Å². The molecule has 0 radical (unpaired) electrons. The monoisotopic (exact) mass is 194 g/mol. The van der Waals surface area contributed by atoms with Crippen molar-refractivity contribution in [3.63, 3.8) is 0 Å². The average Bonchev–Trinajstić information content (AvgIpc) is 2.12. The van der Waals surface area contributed by atoms with Gasteiger partial charge in [0.1, 0.15) is 12.2 Å². The zero-order valence-corrected chi connectivity index (χ0v) is 6.95. The summed E-state index contributed by atoms with van der Waals surface area (Å²) in [5.74, 6) is -0.933. The molecule has 0 saturated carbocycles. The van der Waals surface area contributed by atoms with Crippen LogP contribution in [0.2, 0.25) is 0 Å². The van der Waals surface area contributed by atoms with Crippen LogP contribution >= 0.6 is 0 Å². The summed E-state index contributed by atoms with van der Waals surface area (Å²) >= 11 is 0. The van der Waals surface area contributed by atoms with Crippen LogP contribution in [0, 0.1) is 5.92 Å². The lowest BCUT2D eigenvalue weighted by molar-refractivity contribution is -0.274. The normalized spacial score (nSPS) is 46.4. The van der Waals surface area contributed by atoms with Gasteiger partial charge in [-0.2, -0.15) is 0 Å². The van der Waals surface area contributed by atoms with Crippen molar-refractivity contribution in [2.24, 2.45) is 5.92 Å². The first-order valence-corrected chi connectivity index (χ1v) is 4.03. The Balaban J connectivity index is 2.66. The Hall–Kier alpha value is -0.240. The van der Waals surface area contributed by atoms with Crippen molar-refractivity contribution < 1.29 is 30.3 Å². The van der Waals surface area contributed by atoms with Gasteiger partial charge in [0.15, 0.2) is 6.29 Å². The van der Waals surface area contributed by atoms with Crippen LogP contribution in [0.1, 0.15) is 0 Å². The summed E-state index contributed by atoms with van der Waals surface area (Å²) in [6, 6.07) is 0. The van der Waals surface area contributed by atoms with Crippen LogP contribution in [-0.4, -0.2) is 63.3 Å². The lowest BCUT2D eigenvalue weighted by atomic mass is 9.92. The molecule has 6 nitrogen and oxygen atoms in total. The van der Waals surface area contributed by atoms with E-state index in [0.717, 1.165) is 0 Å². The van der Waals surface area contributed by atoms with Crippen LogP contribution in [0.5, 0.6) is 0 Å². The summed E-state index contributed by atoms with van der Waals surface area (Å²) in [5, 5.41) is 45.3. The Morgan fingerprint density at radius 3 is 2.00 bits per heavy atom. The first-order chi connectivity index (χ1) is 6.11. The van der Waals surface area contributed by atoms with Gasteiger partial charge >= 0.3 is 0 Å². The number of hydrogen-bond donors (Lipinski definition) is 5. The fourth-order valence-corrected chi connectivity index (χ4v) is 1.35. The summed E-state index contributed by atoms with van der Waals surface area (Å²) in [6.07, 6.45) is -4.94. The molecule has 3 unspecified atom stereocenters. The Morgan fingerprint density at radius 1 is 0.923 bits per heavy atom. The molecule has 0 aliphatic carbocycles. The van der Waals surface area contributed by atoms with Crippen LogP contribution in [0.4, 0.5) is 0 Å². The van der Waals surface area contributed by atoms with Gasteiger partial charge < -0.3 is 30.3 Å². The summed E-state index contributed by atoms with van der Waals surface area (Å²) in [7, 11) is 0. The average molecular weight is 194 g/mol. The van der Waals surface area contributed by atoms with Gasteiger partial charge in [-0.25, -0.2) is 0 Å². The molecular weight excluding hydrogens is 180 g/mol. The van der Waals surface area contributed by atoms with E-state index in [1.165, 1.54) is 0 Å². The smallest absolute Gasteiger partial charge is 0.162 e. The van der Waals surface area contributed by atoms with Crippen molar-refractivity contribution in [3.8, 4) is 0 Å². The molecule has 5 N–H and O–H groups in total. The second-order valence-electron chi connectivity index (χ2n) is 3.08. The Bertz CT molecular complexity index is 163. The summed E-state index contributed by atoms with van der Waals surface area (Å²) in [5.41, 5.74) is 0. The third kappa shape index (κ3) is 1.98. The van der Waals surface area contributed by atoms with Gasteiger partial charge in [0.25, 0.3) is 0 Å². The highest BCUT2D eigenvalue weighted by Crippen LogP contribution is 2.24. The van der Waals surface area contributed by atoms with Crippen LogP contribution < -0.4 is 0 Å². The zero-order chi connectivity index (χ0) is 10.0. The van der Waals surface area contributed by atoms with Crippen molar-refractivity contribution in [3.05, 3.63) is 0 Å². The van der Waals surface area contributed by atoms with E-state index in [1.807, 2.05) is 0 Å². The predicted octanol–water partition coefficient (Wildman–Crippen LogP) is -2.97. The van der Waals surface area contributed by atoms with Gasteiger partial charge in [-0.15, -0.1) is 0 Å². The molecule has 1 aliphatic heterocycles. The molecule has 78 valence electrons. The van der Waals surface area contributed by atoms with Crippen LogP contribution in [0.3, 0.4) is 0 Å². The first-order valence-electron chi connectivity index (χ1n) is 4.03. The van der Waals surface area contributed by atoms with Crippen molar-refractivity contribution in [2.75, 3.05) is 13.2 Å². The maximum atomic E-state index is 9.35. The molecule has 1 saturated heterocycles. The summed E-state index contributed by atoms with van der Waals surface area (Å²) in [4.78, 5) is 0. The Kier molecular flexibility index (Phi) is 3.60. The number of aliphatic hydroxyl groups is 5. The van der Waals surface area contributed by atoms with Gasteiger partial charge in [-0.3, -0.25) is 0 Å². The minimum Gasteiger partial charge on any atom is -0.396 e. The van der Waals surface area contributed by atoms with Crippen LogP contribution in [0.25, 0.3) is 0 Å². The van der Waals surface area contributed by atoms with E-state index in [4.69, 9.17) is 14.9 Å². The van der Waals surface area contributed by atoms with Gasteiger partial charge in [0, 0.05) is 0 Å². The Labute approximate surface area is 75.0 Å². The lowest BCUT2D eigenvalue weighted by Crippen LogP contribution is -2.56. The number of ether oxygens (including phenoxy) is 1. The van der Waals surface area contributed by atoms with E-state index < -0.39 is 43.7 Å². The van der Waals surface area contributed by atoms with E-state index in [0.29, 0.717) is 0 Å². The van der Waals surface area contributed by atoms with E-state index in [-0.39, 0.29) is 0 Å². The minimum atomic E-state index is -1.36. The fourth-order valence-electron chi connectivity index (χ4n) is 1.35. The Morgan fingerprint density at radius 2 is 1.54 bits per heavy atom. The molecule has 13 heavy (non-hydrogen) atoms. The molecule has 0 aromatic carbocycles. The van der Waals surface area contributed by atoms with E-state index in [2.05, 4.69) is 0 Å². The van der Waals surface area contributed by atoms with Crippen LogP contribution in [0.15, 0.2) is 0 Å². The molecule has 0 amide bonds. The van der Waals surface area contributed by atoms with E-state index >= 15 is 0 Å². The number of rotatable bonds is 2. The quantitative estimate of drug-likeness (QED) is 0.321. The van der Waals surface area contributed by atoms with Crippen molar-refractivity contribution >= 4 is 0 Å². The van der Waals surface area contributed by atoms with Gasteiger partial charge in [-0.1, -0.05) is 0 Å². The van der Waals surface area contributed by atoms with E-state index in [9.17, 15) is 15.3 Å². The van der Waals surface area contributed by atoms with Gasteiger partial charge in [-0.05, 0) is 0 Å². The first kappa shape index (κ1) is 10.8. The number of aliphatic hydroxyl groups excluding tert-OH is 5. The second-order valence-corrected chi connectivity index (χ2v) is 3.08. The predicted molar refractivity (Wildman–Crippen MR) is 40.6 cm³/mol. The van der Waals surface area contributed by atoms with Gasteiger partial charge in [0.2, 0.25) is 0 Å². The molecule has 0 bridgehead atoms. The largest absolute Gasteiger partial charge is 0.396 e. The standard InChI is InChI=1S/C7H14O6/c8-1-3-5(10)6(11)4(2-9)13-7(3)12/h3-12H,1-2H2/t3-,4+,5?,6?,7?/m0/s1. The topological polar surface area (TPSA) is 110 Å². The maximum absolute atomic E-state index is 9.35. The maximum Gasteiger partial charge on any atom is 0.162 e. The molecule has 1 fully saturated rings. The SMILES string of the molecule is OC[C@@H]1C(O)O[C@H](CO)C(O)C1O. The molecular formula is C7H14O6. The molecule has 0 aromatic heterocycles. The highest BCUT2D eigenvalue weighted by molar-refractivity contribution is 4.87. The van der Waals surface area contributed by atoms with Crippen molar-refractivity contribution in [2.45, 2.75) is 24.6 Å². The highest BCUT2D eigenvalue weighted by atomic mass is 16.6. The molecule has 5 atom stereocenters. The molecule has 6 heteroatoms. The number of hydrogen-bond acceptors (Lipinski definition) is 6. The van der Waals surface area contributed by atoms with Gasteiger partial charge in [0.05, 0.1) is 25.2 Å². The van der Waals surface area contributed by atoms with Crippen LogP contribution in [-0.2, 0) is 4.74 Å². The molecule has 1 rings (SSSR count). The third-order valence-electron chi connectivity index (χ3n) is 2.24. The summed E-state index contributed by atoms with van der Waals surface area (Å²) in [6.45, 7) is -0.981. The van der Waals surface area contributed by atoms with Crippen molar-refractivity contribution in [1.82, 2.24) is 0 Å². The summed E-state index contributed by atoms with van der Waals surface area (Å²) < 4.78 is 4.76. The molecule has 1 aliphatic rings. The molecule has 0 aromatic rings. The second kappa shape index (κ2) is 4.32. The zero-order valence-electron chi connectivity index (χ0n) is 6.95.